The second kappa shape index (κ2) is 6.15. The van der Waals surface area contributed by atoms with E-state index in [2.05, 4.69) is 21.2 Å². The van der Waals surface area contributed by atoms with Crippen LogP contribution in [-0.4, -0.2) is 13.0 Å². The number of nitrogens with two attached hydrogens (primary N) is 1. The number of benzene rings is 2. The summed E-state index contributed by atoms with van der Waals surface area (Å²) in [6.07, 6.45) is 0. The van der Waals surface area contributed by atoms with Crippen molar-refractivity contribution in [2.24, 2.45) is 0 Å². The topological polar surface area (TPSA) is 64.3 Å². The van der Waals surface area contributed by atoms with Gasteiger partial charge in [-0.05, 0) is 24.3 Å². The summed E-state index contributed by atoms with van der Waals surface area (Å²) in [4.78, 5) is 12.2. The lowest BCUT2D eigenvalue weighted by Gasteiger charge is -2.10. The van der Waals surface area contributed by atoms with Crippen LogP contribution in [0.5, 0.6) is 5.75 Å². The average Bonchev–Trinajstić information content (AvgIpc) is 2.41. The van der Waals surface area contributed by atoms with Crippen molar-refractivity contribution in [1.82, 2.24) is 0 Å². The van der Waals surface area contributed by atoms with Crippen LogP contribution in [0, 0.1) is 0 Å². The molecule has 0 bridgehead atoms. The summed E-state index contributed by atoms with van der Waals surface area (Å²) in [5, 5.41) is 3.11. The molecule has 0 aliphatic carbocycles. The fourth-order valence-electron chi connectivity index (χ4n) is 1.69. The molecule has 2 aromatic carbocycles. The fraction of sp³-hybridized carbons (Fsp3) is 0.0714. The van der Waals surface area contributed by atoms with E-state index >= 15 is 0 Å². The van der Waals surface area contributed by atoms with Crippen molar-refractivity contribution in [2.75, 3.05) is 18.2 Å². The van der Waals surface area contributed by atoms with Gasteiger partial charge in [0.05, 0.1) is 23.4 Å². The van der Waals surface area contributed by atoms with E-state index in [0.717, 1.165) is 4.47 Å². The monoisotopic (exact) mass is 354 g/mol. The lowest BCUT2D eigenvalue weighted by atomic mass is 10.1. The highest BCUT2D eigenvalue weighted by Crippen LogP contribution is 2.27. The Hall–Kier alpha value is -1.72. The van der Waals surface area contributed by atoms with E-state index in [1.165, 1.54) is 0 Å². The van der Waals surface area contributed by atoms with E-state index in [-0.39, 0.29) is 11.6 Å². The van der Waals surface area contributed by atoms with Crippen LogP contribution in [0.2, 0.25) is 5.02 Å². The van der Waals surface area contributed by atoms with Crippen molar-refractivity contribution in [2.45, 2.75) is 0 Å². The summed E-state index contributed by atoms with van der Waals surface area (Å²) in [6, 6.07) is 10.2. The van der Waals surface area contributed by atoms with Crippen molar-refractivity contribution in [3.63, 3.8) is 0 Å². The Labute approximate surface area is 130 Å². The van der Waals surface area contributed by atoms with Gasteiger partial charge in [-0.3, -0.25) is 4.79 Å². The number of rotatable bonds is 3. The predicted molar refractivity (Wildman–Crippen MR) is 84.5 cm³/mol. The first kappa shape index (κ1) is 14.7. The Morgan fingerprint density at radius 1 is 1.35 bits per heavy atom. The largest absolute Gasteiger partial charge is 0.497 e. The molecule has 0 spiro atoms. The third-order valence-electron chi connectivity index (χ3n) is 2.66. The number of carbonyl (C=O) groups is 1. The van der Waals surface area contributed by atoms with Gasteiger partial charge in [0.15, 0.2) is 0 Å². The van der Waals surface area contributed by atoms with E-state index < -0.39 is 0 Å². The Morgan fingerprint density at radius 3 is 2.80 bits per heavy atom. The van der Waals surface area contributed by atoms with Crippen molar-refractivity contribution in [3.05, 3.63) is 51.5 Å². The molecular formula is C14H12BrClN2O2. The summed E-state index contributed by atoms with van der Waals surface area (Å²) in [5.74, 6) is 0.305. The van der Waals surface area contributed by atoms with E-state index in [1.54, 1.807) is 43.5 Å². The third kappa shape index (κ3) is 3.23. The molecule has 0 fully saturated rings. The van der Waals surface area contributed by atoms with Gasteiger partial charge in [0.2, 0.25) is 0 Å². The minimum Gasteiger partial charge on any atom is -0.497 e. The molecule has 0 aliphatic heterocycles. The van der Waals surface area contributed by atoms with Gasteiger partial charge >= 0.3 is 0 Å². The average molecular weight is 356 g/mol. The molecule has 104 valence electrons. The van der Waals surface area contributed by atoms with Crippen molar-refractivity contribution < 1.29 is 9.53 Å². The van der Waals surface area contributed by atoms with Gasteiger partial charge in [-0.25, -0.2) is 0 Å². The highest BCUT2D eigenvalue weighted by Gasteiger charge is 2.12. The van der Waals surface area contributed by atoms with Gasteiger partial charge < -0.3 is 15.8 Å². The van der Waals surface area contributed by atoms with Gasteiger partial charge in [-0.15, -0.1) is 0 Å². The molecule has 3 N–H and O–H groups in total. The summed E-state index contributed by atoms with van der Waals surface area (Å²) in [6.45, 7) is 0. The van der Waals surface area contributed by atoms with Crippen LogP contribution in [0.15, 0.2) is 40.9 Å². The van der Waals surface area contributed by atoms with Crippen LogP contribution >= 0.6 is 27.5 Å². The lowest BCUT2D eigenvalue weighted by Crippen LogP contribution is -2.14. The summed E-state index contributed by atoms with van der Waals surface area (Å²) >= 11 is 9.25. The maximum Gasteiger partial charge on any atom is 0.257 e. The number of ether oxygens (including phenoxy) is 1. The van der Waals surface area contributed by atoms with E-state index in [0.29, 0.717) is 22.0 Å². The molecule has 0 saturated heterocycles. The number of anilines is 2. The molecule has 0 aliphatic rings. The molecule has 2 aromatic rings. The standard InChI is InChI=1S/C14H12BrClN2O2/c1-20-10-6-8(15)5-9(7-10)18-14(19)11-3-2-4-12(16)13(11)17/h2-7H,17H2,1H3,(H,18,19). The maximum absolute atomic E-state index is 12.2. The first-order valence-corrected chi connectivity index (χ1v) is 6.88. The van der Waals surface area contributed by atoms with Crippen LogP contribution in [-0.2, 0) is 0 Å². The van der Waals surface area contributed by atoms with Crippen molar-refractivity contribution >= 4 is 44.8 Å². The zero-order valence-electron chi connectivity index (χ0n) is 10.6. The lowest BCUT2D eigenvalue weighted by molar-refractivity contribution is 0.102. The number of methoxy groups -OCH3 is 1. The summed E-state index contributed by atoms with van der Waals surface area (Å²) in [7, 11) is 1.56. The van der Waals surface area contributed by atoms with E-state index in [4.69, 9.17) is 22.1 Å². The molecule has 6 heteroatoms. The highest BCUT2D eigenvalue weighted by molar-refractivity contribution is 9.10. The summed E-state index contributed by atoms with van der Waals surface area (Å²) in [5.41, 5.74) is 6.98. The Morgan fingerprint density at radius 2 is 2.10 bits per heavy atom. The van der Waals surface area contributed by atoms with E-state index in [1.807, 2.05) is 0 Å². The number of halogens is 2. The van der Waals surface area contributed by atoms with Gasteiger partial charge in [-0.1, -0.05) is 33.6 Å². The van der Waals surface area contributed by atoms with Gasteiger partial charge in [-0.2, -0.15) is 0 Å². The Balaban J connectivity index is 2.28. The first-order valence-electron chi connectivity index (χ1n) is 5.71. The number of amides is 1. The number of nitrogens with one attached hydrogen (secondary N) is 1. The molecule has 0 aromatic heterocycles. The third-order valence-corrected chi connectivity index (χ3v) is 3.45. The molecule has 0 unspecified atom stereocenters. The van der Waals surface area contributed by atoms with E-state index in [9.17, 15) is 4.79 Å². The minimum atomic E-state index is -0.329. The molecule has 4 nitrogen and oxygen atoms in total. The number of hydrogen-bond donors (Lipinski definition) is 2. The second-order valence-electron chi connectivity index (χ2n) is 4.03. The molecule has 0 heterocycles. The fourth-order valence-corrected chi connectivity index (χ4v) is 2.33. The molecule has 0 radical (unpaired) electrons. The quantitative estimate of drug-likeness (QED) is 0.820. The number of para-hydroxylation sites is 1. The van der Waals surface area contributed by atoms with Gasteiger partial charge in [0, 0.05) is 16.2 Å². The van der Waals surface area contributed by atoms with Crippen LogP contribution in [0.4, 0.5) is 11.4 Å². The smallest absolute Gasteiger partial charge is 0.257 e. The highest BCUT2D eigenvalue weighted by atomic mass is 79.9. The maximum atomic E-state index is 12.2. The Bertz CT molecular complexity index is 662. The predicted octanol–water partition coefficient (Wildman–Crippen LogP) is 3.95. The van der Waals surface area contributed by atoms with Crippen LogP contribution in [0.3, 0.4) is 0 Å². The molecule has 2 rings (SSSR count). The van der Waals surface area contributed by atoms with Crippen LogP contribution < -0.4 is 15.8 Å². The van der Waals surface area contributed by atoms with Gasteiger partial charge in [0.25, 0.3) is 5.91 Å². The van der Waals surface area contributed by atoms with Crippen molar-refractivity contribution in [3.8, 4) is 5.75 Å². The normalized spacial score (nSPS) is 10.2. The van der Waals surface area contributed by atoms with Gasteiger partial charge in [0.1, 0.15) is 5.75 Å². The molecule has 0 saturated carbocycles. The van der Waals surface area contributed by atoms with Crippen LogP contribution in [0.1, 0.15) is 10.4 Å². The first-order chi connectivity index (χ1) is 9.51. The zero-order chi connectivity index (χ0) is 14.7. The summed E-state index contributed by atoms with van der Waals surface area (Å²) < 4.78 is 5.94. The number of hydrogen-bond acceptors (Lipinski definition) is 3. The molecule has 1 amide bonds. The molecule has 0 atom stereocenters. The second-order valence-corrected chi connectivity index (χ2v) is 5.36. The minimum absolute atomic E-state index is 0.258. The molecule has 20 heavy (non-hydrogen) atoms. The number of nitrogen functional groups attached to an aromatic ring is 1. The van der Waals surface area contributed by atoms with Crippen LogP contribution in [0.25, 0.3) is 0 Å². The van der Waals surface area contributed by atoms with Crippen molar-refractivity contribution in [1.29, 1.82) is 0 Å². The Kier molecular flexibility index (Phi) is 4.52. The SMILES string of the molecule is COc1cc(Br)cc(NC(=O)c2cccc(Cl)c2N)c1. The molecular weight excluding hydrogens is 344 g/mol. The number of carbonyl (C=O) groups excluding carboxylic acids is 1. The zero-order valence-corrected chi connectivity index (χ0v) is 13.0.